The third kappa shape index (κ3) is 5.95. The van der Waals surface area contributed by atoms with Crippen molar-refractivity contribution >= 4 is 30.3 Å². The van der Waals surface area contributed by atoms with E-state index >= 15 is 0 Å². The Balaban J connectivity index is 1.60. The molecule has 0 bridgehead atoms. The molecule has 3 heteroatoms. The first-order valence-corrected chi connectivity index (χ1v) is 20.9. The van der Waals surface area contributed by atoms with Gasteiger partial charge in [-0.1, -0.05) is 0 Å². The molecule has 2 nitrogen and oxygen atoms in total. The first-order chi connectivity index (χ1) is 17.8. The molecule has 2 aromatic carbocycles. The molecule has 36 heavy (non-hydrogen) atoms. The van der Waals surface area contributed by atoms with Gasteiger partial charge in [0.2, 0.25) is 0 Å². The second-order valence-corrected chi connectivity index (χ2v) is 24.0. The average Bonchev–Trinajstić information content (AvgIpc) is 2.97. The standard InChI is InChI=1S/C15H12O2.3C6H11.Sn/c16-14(12-7-3-1-4-8-12)11-15(17)13-9-5-2-6-10-13;3*1-2-4-6-5-3-1;/h1-11,16H;3*1H,2-6H2;/q;;;;+1/p-1/b14-11-;;;;. The van der Waals surface area contributed by atoms with Crippen molar-refractivity contribution in [2.45, 2.75) is 108 Å². The van der Waals surface area contributed by atoms with Gasteiger partial charge in [0.05, 0.1) is 0 Å². The number of hydrogen-bond donors (Lipinski definition) is 0. The van der Waals surface area contributed by atoms with E-state index in [4.69, 9.17) is 3.07 Å². The number of rotatable bonds is 8. The van der Waals surface area contributed by atoms with E-state index < -0.39 is 18.8 Å². The molecule has 0 radical (unpaired) electrons. The summed E-state index contributed by atoms with van der Waals surface area (Å²) < 4.78 is 10.2. The number of hydrogen-bond acceptors (Lipinski definition) is 2. The summed E-state index contributed by atoms with van der Waals surface area (Å²) >= 11 is -3.29. The van der Waals surface area contributed by atoms with Gasteiger partial charge < -0.3 is 0 Å². The zero-order valence-corrected chi connectivity index (χ0v) is 24.9. The SMILES string of the molecule is O=C(/C=C(\[O][Sn]([CH]1CCCCC1)([CH]1CCCCC1)[CH]1CCCCC1)c1ccccc1)c1ccccc1. The van der Waals surface area contributed by atoms with Crippen LogP contribution in [0, 0.1) is 0 Å². The zero-order valence-electron chi connectivity index (χ0n) is 22.0. The van der Waals surface area contributed by atoms with Crippen LogP contribution in [0.15, 0.2) is 66.7 Å². The second kappa shape index (κ2) is 12.8. The molecule has 0 aromatic heterocycles. The number of carbonyl (C=O) groups is 1. The second-order valence-electron chi connectivity index (χ2n) is 11.6. The van der Waals surface area contributed by atoms with Crippen molar-refractivity contribution in [3.05, 3.63) is 77.9 Å². The van der Waals surface area contributed by atoms with Gasteiger partial charge in [0.1, 0.15) is 0 Å². The summed E-state index contributed by atoms with van der Waals surface area (Å²) in [6.07, 6.45) is 22.5. The van der Waals surface area contributed by atoms with Crippen LogP contribution in [0.3, 0.4) is 0 Å². The third-order valence-electron chi connectivity index (χ3n) is 9.40. The molecule has 0 amide bonds. The van der Waals surface area contributed by atoms with Crippen molar-refractivity contribution in [1.29, 1.82) is 0 Å². The van der Waals surface area contributed by atoms with E-state index in [-0.39, 0.29) is 5.78 Å². The van der Waals surface area contributed by atoms with Crippen LogP contribution in [0.1, 0.15) is 112 Å². The molecule has 0 spiro atoms. The molecule has 0 unspecified atom stereocenters. The number of carbonyl (C=O) groups excluding carboxylic acids is 1. The van der Waals surface area contributed by atoms with Gasteiger partial charge in [-0.15, -0.1) is 0 Å². The molecule has 0 atom stereocenters. The molecule has 0 heterocycles. The van der Waals surface area contributed by atoms with Gasteiger partial charge in [-0.25, -0.2) is 0 Å². The molecular formula is C33H44O2Sn. The molecule has 192 valence electrons. The molecule has 3 saturated carbocycles. The number of ketones is 1. The molecule has 3 aliphatic carbocycles. The first-order valence-electron chi connectivity index (χ1n) is 14.8. The topological polar surface area (TPSA) is 26.3 Å². The fraction of sp³-hybridized carbons (Fsp3) is 0.545. The van der Waals surface area contributed by atoms with Crippen LogP contribution in [0.2, 0.25) is 11.8 Å². The molecule has 3 fully saturated rings. The van der Waals surface area contributed by atoms with Gasteiger partial charge in [0, 0.05) is 0 Å². The van der Waals surface area contributed by atoms with Crippen LogP contribution in [-0.2, 0) is 3.07 Å². The predicted molar refractivity (Wildman–Crippen MR) is 153 cm³/mol. The van der Waals surface area contributed by atoms with Crippen LogP contribution in [-0.4, -0.2) is 24.6 Å². The Kier molecular flexibility index (Phi) is 9.27. The molecule has 0 aliphatic heterocycles. The molecule has 0 N–H and O–H groups in total. The van der Waals surface area contributed by atoms with E-state index in [1.807, 2.05) is 36.4 Å². The molecular weight excluding hydrogens is 547 g/mol. The van der Waals surface area contributed by atoms with E-state index in [0.29, 0.717) is 0 Å². The predicted octanol–water partition coefficient (Wildman–Crippen LogP) is 9.88. The van der Waals surface area contributed by atoms with Gasteiger partial charge in [0.15, 0.2) is 0 Å². The normalized spacial score (nSPS) is 21.3. The molecule has 3 aliphatic rings. The van der Waals surface area contributed by atoms with Crippen molar-refractivity contribution in [3.8, 4) is 0 Å². The summed E-state index contributed by atoms with van der Waals surface area (Å²) in [6.45, 7) is 0. The van der Waals surface area contributed by atoms with Gasteiger partial charge in [-0.2, -0.15) is 0 Å². The van der Waals surface area contributed by atoms with Crippen molar-refractivity contribution in [2.75, 3.05) is 0 Å². The van der Waals surface area contributed by atoms with E-state index in [2.05, 4.69) is 30.3 Å². The minimum atomic E-state index is -3.29. The van der Waals surface area contributed by atoms with Gasteiger partial charge in [-0.05, 0) is 0 Å². The summed E-state index contributed by atoms with van der Waals surface area (Å²) in [5.74, 6) is 0.965. The number of benzene rings is 2. The van der Waals surface area contributed by atoms with Crippen LogP contribution in [0.25, 0.3) is 5.76 Å². The Bertz CT molecular complexity index is 935. The summed E-state index contributed by atoms with van der Waals surface area (Å²) in [6, 6.07) is 20.3. The average molecular weight is 591 g/mol. The van der Waals surface area contributed by atoms with Gasteiger partial charge in [-0.3, -0.25) is 0 Å². The summed E-state index contributed by atoms with van der Waals surface area (Å²) in [4.78, 5) is 13.5. The van der Waals surface area contributed by atoms with Crippen molar-refractivity contribution in [3.63, 3.8) is 0 Å². The monoisotopic (exact) mass is 592 g/mol. The van der Waals surface area contributed by atoms with Crippen molar-refractivity contribution < 1.29 is 7.87 Å². The Hall–Kier alpha value is -1.55. The molecule has 5 rings (SSSR count). The Morgan fingerprint density at radius 2 is 0.972 bits per heavy atom. The maximum atomic E-state index is 13.5. The first kappa shape index (κ1) is 26.1. The Morgan fingerprint density at radius 1 is 0.583 bits per heavy atom. The molecule has 0 saturated heterocycles. The van der Waals surface area contributed by atoms with E-state index in [1.165, 1.54) is 96.3 Å². The Morgan fingerprint density at radius 3 is 1.39 bits per heavy atom. The van der Waals surface area contributed by atoms with Crippen LogP contribution in [0.5, 0.6) is 0 Å². The zero-order chi connectivity index (χ0) is 24.6. The van der Waals surface area contributed by atoms with Crippen LogP contribution >= 0.6 is 0 Å². The van der Waals surface area contributed by atoms with Crippen LogP contribution in [0.4, 0.5) is 0 Å². The fourth-order valence-corrected chi connectivity index (χ4v) is 27.6. The van der Waals surface area contributed by atoms with E-state index in [9.17, 15) is 4.79 Å². The Labute approximate surface area is 223 Å². The fourth-order valence-electron chi connectivity index (χ4n) is 7.68. The number of allylic oxidation sites excluding steroid dienone is 1. The van der Waals surface area contributed by atoms with Crippen LogP contribution < -0.4 is 0 Å². The summed E-state index contributed by atoms with van der Waals surface area (Å²) in [7, 11) is 0. The minimum absolute atomic E-state index is 0.0746. The maximum absolute atomic E-state index is 13.5. The quantitative estimate of drug-likeness (QED) is 0.132. The van der Waals surface area contributed by atoms with Gasteiger partial charge in [0.25, 0.3) is 0 Å². The third-order valence-corrected chi connectivity index (χ3v) is 26.9. The summed E-state index contributed by atoms with van der Waals surface area (Å²) in [5.41, 5.74) is 1.84. The van der Waals surface area contributed by atoms with Crippen molar-refractivity contribution in [1.82, 2.24) is 0 Å². The van der Waals surface area contributed by atoms with E-state index in [1.54, 1.807) is 0 Å². The van der Waals surface area contributed by atoms with E-state index in [0.717, 1.165) is 28.7 Å². The van der Waals surface area contributed by atoms with Gasteiger partial charge >= 0.3 is 224 Å². The summed E-state index contributed by atoms with van der Waals surface area (Å²) in [5, 5.41) is 0. The molecule has 2 aromatic rings. The van der Waals surface area contributed by atoms with Crippen molar-refractivity contribution in [2.24, 2.45) is 0 Å².